The Morgan fingerprint density at radius 2 is 2.16 bits per heavy atom. The number of hydrogen-bond donors (Lipinski definition) is 1. The van der Waals surface area contributed by atoms with Crippen LogP contribution in [0.25, 0.3) is 0 Å². The zero-order valence-corrected chi connectivity index (χ0v) is 11.7. The Hall–Kier alpha value is -1.17. The van der Waals surface area contributed by atoms with Gasteiger partial charge in [0.2, 0.25) is 0 Å². The largest absolute Gasteiger partial charge is 0.317 e. The third-order valence-corrected chi connectivity index (χ3v) is 3.83. The van der Waals surface area contributed by atoms with Gasteiger partial charge in [-0.15, -0.1) is 0 Å². The molecule has 0 saturated carbocycles. The molecule has 6 heteroatoms. The van der Waals surface area contributed by atoms with Crippen molar-refractivity contribution in [3.05, 3.63) is 38.9 Å². The zero-order chi connectivity index (χ0) is 13.8. The van der Waals surface area contributed by atoms with Gasteiger partial charge in [0.25, 0.3) is 5.69 Å². The molecule has 1 heterocycles. The molecule has 0 radical (unpaired) electrons. The Morgan fingerprint density at radius 1 is 1.47 bits per heavy atom. The minimum absolute atomic E-state index is 0.105. The standard InChI is InChI=1S/C13H18ClN3O2/c1-16(12-4-6-15-7-5-12)9-10-2-3-11(14)8-13(10)17(18)19/h2-3,8,12,15H,4-7,9H2,1H3. The summed E-state index contributed by atoms with van der Waals surface area (Å²) in [6.07, 6.45) is 2.16. The van der Waals surface area contributed by atoms with Gasteiger partial charge in [0.05, 0.1) is 4.92 Å². The zero-order valence-electron chi connectivity index (χ0n) is 10.9. The van der Waals surface area contributed by atoms with Crippen molar-refractivity contribution in [3.8, 4) is 0 Å². The van der Waals surface area contributed by atoms with Crippen LogP contribution in [0, 0.1) is 10.1 Å². The minimum atomic E-state index is -0.364. The molecule has 5 nitrogen and oxygen atoms in total. The molecule has 0 aromatic heterocycles. The second-order valence-electron chi connectivity index (χ2n) is 4.93. The van der Waals surface area contributed by atoms with Gasteiger partial charge < -0.3 is 5.32 Å². The lowest BCUT2D eigenvalue weighted by atomic mass is 10.0. The monoisotopic (exact) mass is 283 g/mol. The summed E-state index contributed by atoms with van der Waals surface area (Å²) in [5.74, 6) is 0. The Balaban J connectivity index is 2.11. The summed E-state index contributed by atoms with van der Waals surface area (Å²) in [6.45, 7) is 2.60. The van der Waals surface area contributed by atoms with Crippen molar-refractivity contribution in [1.82, 2.24) is 10.2 Å². The van der Waals surface area contributed by atoms with Gasteiger partial charge in [-0.3, -0.25) is 15.0 Å². The number of nitrogens with zero attached hydrogens (tertiary/aromatic N) is 2. The van der Waals surface area contributed by atoms with Gasteiger partial charge in [-0.05, 0) is 45.1 Å². The Labute approximate surface area is 117 Å². The fourth-order valence-corrected chi connectivity index (χ4v) is 2.65. The average Bonchev–Trinajstić information content (AvgIpc) is 2.41. The summed E-state index contributed by atoms with van der Waals surface area (Å²) in [4.78, 5) is 12.9. The summed E-state index contributed by atoms with van der Waals surface area (Å²) in [5, 5.41) is 14.8. The number of nitrogens with one attached hydrogen (secondary N) is 1. The first-order valence-corrected chi connectivity index (χ1v) is 6.79. The van der Waals surface area contributed by atoms with Crippen LogP contribution in [0.5, 0.6) is 0 Å². The van der Waals surface area contributed by atoms with Gasteiger partial charge in [0.1, 0.15) is 0 Å². The molecule has 1 aliphatic heterocycles. The molecule has 0 spiro atoms. The highest BCUT2D eigenvalue weighted by atomic mass is 35.5. The molecule has 2 rings (SSSR count). The molecule has 0 atom stereocenters. The van der Waals surface area contributed by atoms with Gasteiger partial charge in [-0.2, -0.15) is 0 Å². The minimum Gasteiger partial charge on any atom is -0.317 e. The van der Waals surface area contributed by atoms with Crippen LogP contribution in [0.4, 0.5) is 5.69 Å². The van der Waals surface area contributed by atoms with E-state index >= 15 is 0 Å². The molecular weight excluding hydrogens is 266 g/mol. The van der Waals surface area contributed by atoms with Crippen LogP contribution in [0.2, 0.25) is 5.02 Å². The van der Waals surface area contributed by atoms with E-state index in [0.717, 1.165) is 31.5 Å². The summed E-state index contributed by atoms with van der Waals surface area (Å²) in [7, 11) is 2.02. The van der Waals surface area contributed by atoms with Crippen LogP contribution in [-0.4, -0.2) is 36.0 Å². The van der Waals surface area contributed by atoms with Crippen LogP contribution in [0.1, 0.15) is 18.4 Å². The molecule has 1 fully saturated rings. The van der Waals surface area contributed by atoms with E-state index in [1.807, 2.05) is 7.05 Å². The summed E-state index contributed by atoms with van der Waals surface area (Å²) in [5.41, 5.74) is 0.823. The Morgan fingerprint density at radius 3 is 2.79 bits per heavy atom. The summed E-state index contributed by atoms with van der Waals surface area (Å²) in [6, 6.07) is 5.36. The van der Waals surface area contributed by atoms with Crippen LogP contribution >= 0.6 is 11.6 Å². The first-order chi connectivity index (χ1) is 9.08. The molecule has 19 heavy (non-hydrogen) atoms. The van der Waals surface area contributed by atoms with Crippen LogP contribution < -0.4 is 5.32 Å². The summed E-state index contributed by atoms with van der Waals surface area (Å²) < 4.78 is 0. The molecule has 104 valence electrons. The van der Waals surface area contributed by atoms with Gasteiger partial charge >= 0.3 is 0 Å². The number of rotatable bonds is 4. The molecule has 1 aromatic carbocycles. The first-order valence-electron chi connectivity index (χ1n) is 6.41. The van der Waals surface area contributed by atoms with Gasteiger partial charge in [0.15, 0.2) is 0 Å². The van der Waals surface area contributed by atoms with Crippen molar-refractivity contribution in [2.75, 3.05) is 20.1 Å². The maximum absolute atomic E-state index is 11.1. The lowest BCUT2D eigenvalue weighted by Crippen LogP contribution is -2.40. The number of nitro groups is 1. The third-order valence-electron chi connectivity index (χ3n) is 3.60. The number of nitro benzene ring substituents is 1. The molecule has 0 amide bonds. The lowest BCUT2D eigenvalue weighted by molar-refractivity contribution is -0.385. The maximum Gasteiger partial charge on any atom is 0.275 e. The van der Waals surface area contributed by atoms with Crippen molar-refractivity contribution in [3.63, 3.8) is 0 Å². The number of benzene rings is 1. The molecule has 1 aliphatic rings. The van der Waals surface area contributed by atoms with Crippen molar-refractivity contribution in [2.24, 2.45) is 0 Å². The fourth-order valence-electron chi connectivity index (χ4n) is 2.49. The molecule has 1 N–H and O–H groups in total. The predicted octanol–water partition coefficient (Wildman–Crippen LogP) is 2.43. The van der Waals surface area contributed by atoms with E-state index in [-0.39, 0.29) is 10.6 Å². The van der Waals surface area contributed by atoms with Crippen molar-refractivity contribution >= 4 is 17.3 Å². The molecular formula is C13H18ClN3O2. The molecule has 0 aliphatic carbocycles. The first kappa shape index (κ1) is 14.2. The second-order valence-corrected chi connectivity index (χ2v) is 5.36. The van der Waals surface area contributed by atoms with Gasteiger partial charge in [0, 0.05) is 29.2 Å². The highest BCUT2D eigenvalue weighted by molar-refractivity contribution is 6.30. The van der Waals surface area contributed by atoms with Gasteiger partial charge in [-0.25, -0.2) is 0 Å². The molecule has 0 unspecified atom stereocenters. The second kappa shape index (κ2) is 6.32. The Kier molecular flexibility index (Phi) is 4.74. The van der Waals surface area contributed by atoms with Crippen molar-refractivity contribution in [2.45, 2.75) is 25.4 Å². The quantitative estimate of drug-likeness (QED) is 0.681. The number of piperidine rings is 1. The van der Waals surface area contributed by atoms with Crippen LogP contribution in [0.15, 0.2) is 18.2 Å². The average molecular weight is 284 g/mol. The van der Waals surface area contributed by atoms with E-state index in [1.165, 1.54) is 6.07 Å². The van der Waals surface area contributed by atoms with E-state index in [2.05, 4.69) is 10.2 Å². The number of hydrogen-bond acceptors (Lipinski definition) is 4. The van der Waals surface area contributed by atoms with E-state index in [1.54, 1.807) is 12.1 Å². The van der Waals surface area contributed by atoms with Crippen molar-refractivity contribution in [1.29, 1.82) is 0 Å². The molecule has 1 saturated heterocycles. The Bertz CT molecular complexity index is 461. The van der Waals surface area contributed by atoms with E-state index in [9.17, 15) is 10.1 Å². The molecule has 0 bridgehead atoms. The topological polar surface area (TPSA) is 58.4 Å². The third kappa shape index (κ3) is 3.65. The van der Waals surface area contributed by atoms with Crippen LogP contribution in [0.3, 0.4) is 0 Å². The fraction of sp³-hybridized carbons (Fsp3) is 0.538. The van der Waals surface area contributed by atoms with E-state index < -0.39 is 0 Å². The number of halogens is 1. The smallest absolute Gasteiger partial charge is 0.275 e. The normalized spacial score (nSPS) is 16.8. The molecule has 1 aromatic rings. The van der Waals surface area contributed by atoms with Crippen LogP contribution in [-0.2, 0) is 6.54 Å². The van der Waals surface area contributed by atoms with Crippen molar-refractivity contribution < 1.29 is 4.92 Å². The van der Waals surface area contributed by atoms with E-state index in [0.29, 0.717) is 17.6 Å². The summed E-state index contributed by atoms with van der Waals surface area (Å²) >= 11 is 5.82. The highest BCUT2D eigenvalue weighted by Crippen LogP contribution is 2.25. The van der Waals surface area contributed by atoms with E-state index in [4.69, 9.17) is 11.6 Å². The highest BCUT2D eigenvalue weighted by Gasteiger charge is 2.21. The maximum atomic E-state index is 11.1. The lowest BCUT2D eigenvalue weighted by Gasteiger charge is -2.31. The SMILES string of the molecule is CN(Cc1ccc(Cl)cc1[N+](=O)[O-])C1CCNCC1. The van der Waals surface area contributed by atoms with Gasteiger partial charge in [-0.1, -0.05) is 11.6 Å². The predicted molar refractivity (Wildman–Crippen MR) is 75.5 cm³/mol.